The highest BCUT2D eigenvalue weighted by Crippen LogP contribution is 2.25. The summed E-state index contributed by atoms with van der Waals surface area (Å²) in [6.07, 6.45) is 2.50. The Kier molecular flexibility index (Phi) is 7.28. The van der Waals surface area contributed by atoms with Crippen molar-refractivity contribution in [3.8, 4) is 0 Å². The Hall–Kier alpha value is -2.11. The monoisotopic (exact) mass is 383 g/mol. The van der Waals surface area contributed by atoms with Crippen LogP contribution in [0.1, 0.15) is 22.5 Å². The van der Waals surface area contributed by atoms with Gasteiger partial charge in [0.1, 0.15) is 0 Å². The van der Waals surface area contributed by atoms with Crippen LogP contribution in [-0.2, 0) is 5.75 Å². The van der Waals surface area contributed by atoms with Crippen LogP contribution in [0.15, 0.2) is 87.2 Å². The lowest BCUT2D eigenvalue weighted by Gasteiger charge is -2.06. The second kappa shape index (κ2) is 10.1. The summed E-state index contributed by atoms with van der Waals surface area (Å²) >= 11 is 3.50. The lowest BCUT2D eigenvalue weighted by Crippen LogP contribution is -2.25. The first-order valence-corrected chi connectivity index (χ1v) is 10.5. The maximum atomic E-state index is 12.4. The first-order chi connectivity index (χ1) is 12.8. The first kappa shape index (κ1) is 18.7. The Bertz CT molecular complexity index is 803. The van der Waals surface area contributed by atoms with Crippen LogP contribution in [0.25, 0.3) is 0 Å². The van der Waals surface area contributed by atoms with Gasteiger partial charge in [0, 0.05) is 27.7 Å². The maximum Gasteiger partial charge on any atom is 0.287 e. The van der Waals surface area contributed by atoms with Crippen LogP contribution >= 0.6 is 23.5 Å². The lowest BCUT2D eigenvalue weighted by molar-refractivity contribution is 0.0925. The molecule has 0 unspecified atom stereocenters. The summed E-state index contributed by atoms with van der Waals surface area (Å²) in [6.45, 7) is 0.643. The topological polar surface area (TPSA) is 42.2 Å². The number of carbonyl (C=O) groups is 1. The molecule has 26 heavy (non-hydrogen) atoms. The summed E-state index contributed by atoms with van der Waals surface area (Å²) < 4.78 is 5.41. The van der Waals surface area contributed by atoms with Crippen molar-refractivity contribution in [1.29, 1.82) is 0 Å². The minimum absolute atomic E-state index is 0.136. The third-order valence-corrected chi connectivity index (χ3v) is 5.87. The standard InChI is InChI=1S/C21H21NO2S2/c23-21(22-13-7-15-25-18-8-3-1-4-9-18)20-17(12-14-24-20)16-26-19-10-5-2-6-11-19/h1-6,8-12,14H,7,13,15-16H2,(H,22,23). The molecule has 0 saturated carbocycles. The Morgan fingerprint density at radius 2 is 1.54 bits per heavy atom. The van der Waals surface area contributed by atoms with E-state index < -0.39 is 0 Å². The van der Waals surface area contributed by atoms with E-state index in [1.807, 2.05) is 42.5 Å². The molecule has 3 aromatic rings. The highest BCUT2D eigenvalue weighted by atomic mass is 32.2. The largest absolute Gasteiger partial charge is 0.459 e. The molecule has 1 aromatic heterocycles. The Labute approximate surface area is 162 Å². The molecule has 0 aliphatic rings. The predicted octanol–water partition coefficient (Wildman–Crippen LogP) is 5.48. The third kappa shape index (κ3) is 5.71. The summed E-state index contributed by atoms with van der Waals surface area (Å²) in [5, 5.41) is 2.95. The van der Waals surface area contributed by atoms with Crippen LogP contribution < -0.4 is 5.32 Å². The van der Waals surface area contributed by atoms with Crippen molar-refractivity contribution in [3.63, 3.8) is 0 Å². The van der Waals surface area contributed by atoms with Gasteiger partial charge in [0.2, 0.25) is 0 Å². The number of amides is 1. The summed E-state index contributed by atoms with van der Waals surface area (Å²) in [5.74, 6) is 1.97. The zero-order valence-corrected chi connectivity index (χ0v) is 16.0. The fourth-order valence-corrected chi connectivity index (χ4v) is 4.16. The molecule has 1 N–H and O–H groups in total. The predicted molar refractivity (Wildman–Crippen MR) is 109 cm³/mol. The molecule has 0 fully saturated rings. The van der Waals surface area contributed by atoms with Crippen LogP contribution in [0.4, 0.5) is 0 Å². The molecule has 5 heteroatoms. The number of carbonyl (C=O) groups excluding carboxylic acids is 1. The average molecular weight is 384 g/mol. The van der Waals surface area contributed by atoms with Gasteiger partial charge >= 0.3 is 0 Å². The second-order valence-corrected chi connectivity index (χ2v) is 7.86. The van der Waals surface area contributed by atoms with E-state index in [4.69, 9.17) is 4.42 Å². The number of furan rings is 1. The first-order valence-electron chi connectivity index (χ1n) is 8.53. The fourth-order valence-electron chi connectivity index (χ4n) is 2.39. The van der Waals surface area contributed by atoms with Gasteiger partial charge in [-0.1, -0.05) is 36.4 Å². The van der Waals surface area contributed by atoms with E-state index in [1.165, 1.54) is 9.79 Å². The van der Waals surface area contributed by atoms with Gasteiger partial charge in [-0.05, 0) is 42.5 Å². The van der Waals surface area contributed by atoms with Crippen molar-refractivity contribution in [3.05, 3.63) is 84.3 Å². The Morgan fingerprint density at radius 1 is 0.885 bits per heavy atom. The molecule has 3 nitrogen and oxygen atoms in total. The Morgan fingerprint density at radius 3 is 2.23 bits per heavy atom. The number of hydrogen-bond acceptors (Lipinski definition) is 4. The molecule has 0 bridgehead atoms. The molecule has 0 atom stereocenters. The normalized spacial score (nSPS) is 10.6. The van der Waals surface area contributed by atoms with E-state index in [1.54, 1.807) is 29.8 Å². The highest BCUT2D eigenvalue weighted by Gasteiger charge is 2.15. The van der Waals surface area contributed by atoms with Crippen LogP contribution in [0.5, 0.6) is 0 Å². The third-order valence-electron chi connectivity index (χ3n) is 3.71. The Balaban J connectivity index is 1.41. The van der Waals surface area contributed by atoms with E-state index in [9.17, 15) is 4.79 Å². The van der Waals surface area contributed by atoms with Gasteiger partial charge in [0.15, 0.2) is 5.76 Å². The van der Waals surface area contributed by atoms with Crippen molar-refractivity contribution < 1.29 is 9.21 Å². The molecular weight excluding hydrogens is 362 g/mol. The average Bonchev–Trinajstić information content (AvgIpc) is 3.16. The van der Waals surface area contributed by atoms with Crippen molar-refractivity contribution in [2.45, 2.75) is 22.0 Å². The molecule has 0 radical (unpaired) electrons. The molecule has 0 aliphatic carbocycles. The van der Waals surface area contributed by atoms with E-state index in [2.05, 4.69) is 29.6 Å². The molecule has 0 spiro atoms. The number of thioether (sulfide) groups is 2. The molecule has 0 saturated heterocycles. The molecule has 134 valence electrons. The van der Waals surface area contributed by atoms with Crippen molar-refractivity contribution in [2.24, 2.45) is 0 Å². The van der Waals surface area contributed by atoms with Gasteiger partial charge in [0.25, 0.3) is 5.91 Å². The van der Waals surface area contributed by atoms with E-state index in [0.29, 0.717) is 18.1 Å². The number of hydrogen-bond donors (Lipinski definition) is 1. The van der Waals surface area contributed by atoms with Crippen molar-refractivity contribution >= 4 is 29.4 Å². The summed E-state index contributed by atoms with van der Waals surface area (Å²) in [6, 6.07) is 22.3. The zero-order valence-electron chi connectivity index (χ0n) is 14.4. The van der Waals surface area contributed by atoms with Gasteiger partial charge in [-0.15, -0.1) is 23.5 Å². The minimum atomic E-state index is -0.136. The maximum absolute atomic E-state index is 12.4. The molecular formula is C21H21NO2S2. The van der Waals surface area contributed by atoms with Crippen LogP contribution in [0, 0.1) is 0 Å². The number of rotatable bonds is 9. The summed E-state index contributed by atoms with van der Waals surface area (Å²) in [5.41, 5.74) is 0.926. The van der Waals surface area contributed by atoms with Crippen LogP contribution in [0.3, 0.4) is 0 Å². The van der Waals surface area contributed by atoms with E-state index in [-0.39, 0.29) is 5.91 Å². The quantitative estimate of drug-likeness (QED) is 0.392. The van der Waals surface area contributed by atoms with E-state index in [0.717, 1.165) is 17.7 Å². The summed E-state index contributed by atoms with van der Waals surface area (Å²) in [7, 11) is 0. The number of nitrogens with one attached hydrogen (secondary N) is 1. The number of benzene rings is 2. The smallest absolute Gasteiger partial charge is 0.287 e. The van der Waals surface area contributed by atoms with Crippen LogP contribution in [-0.4, -0.2) is 18.2 Å². The van der Waals surface area contributed by atoms with Gasteiger partial charge in [0.05, 0.1) is 6.26 Å². The minimum Gasteiger partial charge on any atom is -0.459 e. The fraction of sp³-hybridized carbons (Fsp3) is 0.190. The highest BCUT2D eigenvalue weighted by molar-refractivity contribution is 7.99. The molecule has 1 amide bonds. The molecule has 0 aliphatic heterocycles. The summed E-state index contributed by atoms with van der Waals surface area (Å²) in [4.78, 5) is 14.8. The van der Waals surface area contributed by atoms with E-state index >= 15 is 0 Å². The lowest BCUT2D eigenvalue weighted by atomic mass is 10.2. The van der Waals surface area contributed by atoms with Crippen molar-refractivity contribution in [2.75, 3.05) is 12.3 Å². The van der Waals surface area contributed by atoms with Crippen molar-refractivity contribution in [1.82, 2.24) is 5.32 Å². The zero-order chi connectivity index (χ0) is 18.0. The van der Waals surface area contributed by atoms with Gasteiger partial charge in [-0.2, -0.15) is 0 Å². The van der Waals surface area contributed by atoms with Gasteiger partial charge < -0.3 is 9.73 Å². The second-order valence-electron chi connectivity index (χ2n) is 5.65. The van der Waals surface area contributed by atoms with Gasteiger partial charge in [-0.3, -0.25) is 4.79 Å². The molecule has 2 aromatic carbocycles. The van der Waals surface area contributed by atoms with Gasteiger partial charge in [-0.25, -0.2) is 0 Å². The molecule has 1 heterocycles. The molecule has 3 rings (SSSR count). The van der Waals surface area contributed by atoms with Crippen LogP contribution in [0.2, 0.25) is 0 Å². The SMILES string of the molecule is O=C(NCCCSc1ccccc1)c1occc1CSc1ccccc1.